The van der Waals surface area contributed by atoms with Gasteiger partial charge in [0.1, 0.15) is 5.82 Å². The van der Waals surface area contributed by atoms with Gasteiger partial charge in [-0.1, -0.05) is 32.0 Å². The summed E-state index contributed by atoms with van der Waals surface area (Å²) in [7, 11) is 0. The Bertz CT molecular complexity index is 564. The maximum atomic E-state index is 4.94. The third-order valence-electron chi connectivity index (χ3n) is 3.04. The second kappa shape index (κ2) is 7.90. The van der Waals surface area contributed by atoms with Crippen LogP contribution in [0.25, 0.3) is 0 Å². The van der Waals surface area contributed by atoms with E-state index in [2.05, 4.69) is 59.4 Å². The highest BCUT2D eigenvalue weighted by molar-refractivity contribution is 8.00. The first kappa shape index (κ1) is 15.7. The van der Waals surface area contributed by atoms with Crippen LogP contribution >= 0.6 is 35.7 Å². The fourth-order valence-corrected chi connectivity index (χ4v) is 4.14. The van der Waals surface area contributed by atoms with E-state index in [4.69, 9.17) is 12.2 Å². The van der Waals surface area contributed by atoms with Crippen molar-refractivity contribution in [3.8, 4) is 0 Å². The summed E-state index contributed by atoms with van der Waals surface area (Å²) in [5.74, 6) is 3.57. The summed E-state index contributed by atoms with van der Waals surface area (Å²) >= 11 is 8.77. The van der Waals surface area contributed by atoms with E-state index in [1.807, 2.05) is 23.5 Å². The van der Waals surface area contributed by atoms with Crippen LogP contribution in [0.3, 0.4) is 0 Å². The second-order valence-corrected chi connectivity index (χ2v) is 7.61. The number of H-pyrrole nitrogens is 2. The van der Waals surface area contributed by atoms with Crippen LogP contribution in [0.15, 0.2) is 35.2 Å². The van der Waals surface area contributed by atoms with Crippen molar-refractivity contribution in [3.05, 3.63) is 40.9 Å². The molecule has 1 heterocycles. The fourth-order valence-electron chi connectivity index (χ4n) is 1.68. The molecule has 0 bridgehead atoms. The molecule has 0 amide bonds. The Morgan fingerprint density at radius 1 is 1.20 bits per heavy atom. The standard InChI is InChI=1S/C14H19N3S3/c1-10(8-19-9-13-15-14(18)17-16-13)11(2)20-12-6-4-3-5-7-12/h3-7,10-11H,8-9H2,1-2H3,(H2,15,16,17,18). The van der Waals surface area contributed by atoms with Gasteiger partial charge in [0.05, 0.1) is 5.75 Å². The monoisotopic (exact) mass is 325 g/mol. The predicted molar refractivity (Wildman–Crippen MR) is 90.9 cm³/mol. The van der Waals surface area contributed by atoms with Crippen molar-refractivity contribution in [2.45, 2.75) is 29.7 Å². The van der Waals surface area contributed by atoms with Gasteiger partial charge in [-0.25, -0.2) is 4.98 Å². The van der Waals surface area contributed by atoms with Gasteiger partial charge >= 0.3 is 0 Å². The number of aromatic nitrogens is 3. The third-order valence-corrected chi connectivity index (χ3v) is 5.85. The van der Waals surface area contributed by atoms with Crippen LogP contribution in [0.5, 0.6) is 0 Å². The fraction of sp³-hybridized carbons (Fsp3) is 0.429. The highest BCUT2D eigenvalue weighted by Gasteiger charge is 2.13. The summed E-state index contributed by atoms with van der Waals surface area (Å²) < 4.78 is 0.529. The zero-order valence-electron chi connectivity index (χ0n) is 11.6. The molecule has 1 aromatic heterocycles. The number of thioether (sulfide) groups is 2. The number of hydrogen-bond donors (Lipinski definition) is 2. The molecule has 2 unspecified atom stereocenters. The van der Waals surface area contributed by atoms with E-state index in [0.29, 0.717) is 15.9 Å². The number of rotatable bonds is 7. The van der Waals surface area contributed by atoms with E-state index < -0.39 is 0 Å². The van der Waals surface area contributed by atoms with Crippen LogP contribution in [-0.4, -0.2) is 26.2 Å². The molecule has 0 saturated carbocycles. The summed E-state index contributed by atoms with van der Waals surface area (Å²) in [6, 6.07) is 10.6. The summed E-state index contributed by atoms with van der Waals surface area (Å²) in [4.78, 5) is 5.54. The molecular formula is C14H19N3S3. The van der Waals surface area contributed by atoms with Gasteiger partial charge in [-0.05, 0) is 36.0 Å². The Labute approximate surface area is 133 Å². The van der Waals surface area contributed by atoms with Gasteiger partial charge in [-0.15, -0.1) is 11.8 Å². The molecule has 2 atom stereocenters. The number of nitrogens with zero attached hydrogens (tertiary/aromatic N) is 1. The van der Waals surface area contributed by atoms with Gasteiger partial charge in [0, 0.05) is 10.1 Å². The summed E-state index contributed by atoms with van der Waals surface area (Å²) in [5.41, 5.74) is 0. The molecule has 20 heavy (non-hydrogen) atoms. The zero-order valence-corrected chi connectivity index (χ0v) is 14.1. The SMILES string of the molecule is CC(CSCc1nc(=S)[nH][nH]1)C(C)Sc1ccccc1. The van der Waals surface area contributed by atoms with E-state index in [1.165, 1.54) is 4.90 Å². The molecule has 0 saturated heterocycles. The van der Waals surface area contributed by atoms with Gasteiger partial charge in [-0.2, -0.15) is 11.8 Å². The highest BCUT2D eigenvalue weighted by atomic mass is 32.2. The first-order chi connectivity index (χ1) is 9.65. The maximum absolute atomic E-state index is 4.94. The highest BCUT2D eigenvalue weighted by Crippen LogP contribution is 2.29. The lowest BCUT2D eigenvalue weighted by Gasteiger charge is -2.18. The molecule has 3 nitrogen and oxygen atoms in total. The summed E-state index contributed by atoms with van der Waals surface area (Å²) in [5, 5.41) is 6.40. The molecule has 2 aromatic rings. The van der Waals surface area contributed by atoms with E-state index in [-0.39, 0.29) is 0 Å². The number of benzene rings is 1. The van der Waals surface area contributed by atoms with Gasteiger partial charge in [-0.3, -0.25) is 10.2 Å². The Hall–Kier alpha value is -0.720. The molecule has 2 rings (SSSR count). The molecule has 0 aliphatic heterocycles. The second-order valence-electron chi connectivity index (χ2n) is 4.74. The molecular weight excluding hydrogens is 306 g/mol. The Kier molecular flexibility index (Phi) is 6.19. The lowest BCUT2D eigenvalue weighted by molar-refractivity contribution is 0.653. The molecule has 1 aromatic carbocycles. The molecule has 2 N–H and O–H groups in total. The summed E-state index contributed by atoms with van der Waals surface area (Å²) in [6.07, 6.45) is 0. The third kappa shape index (κ3) is 5.00. The van der Waals surface area contributed by atoms with Gasteiger partial charge in [0.2, 0.25) is 4.77 Å². The molecule has 6 heteroatoms. The molecule has 0 spiro atoms. The van der Waals surface area contributed by atoms with Crippen LogP contribution in [-0.2, 0) is 5.75 Å². The van der Waals surface area contributed by atoms with Gasteiger partial charge in [0.15, 0.2) is 0 Å². The normalized spacial score (nSPS) is 14.1. The van der Waals surface area contributed by atoms with Gasteiger partial charge in [0.25, 0.3) is 0 Å². The zero-order chi connectivity index (χ0) is 14.4. The van der Waals surface area contributed by atoms with Crippen molar-refractivity contribution in [1.29, 1.82) is 0 Å². The maximum Gasteiger partial charge on any atom is 0.213 e. The van der Waals surface area contributed by atoms with Crippen molar-refractivity contribution in [2.24, 2.45) is 5.92 Å². The lowest BCUT2D eigenvalue weighted by atomic mass is 10.1. The quantitative estimate of drug-likeness (QED) is 0.580. The molecule has 0 aliphatic carbocycles. The van der Waals surface area contributed by atoms with E-state index in [0.717, 1.165) is 17.3 Å². The molecule has 0 fully saturated rings. The first-order valence-electron chi connectivity index (χ1n) is 6.58. The Morgan fingerprint density at radius 3 is 2.60 bits per heavy atom. The number of nitrogens with one attached hydrogen (secondary N) is 2. The average Bonchev–Trinajstić information content (AvgIpc) is 2.85. The van der Waals surface area contributed by atoms with Crippen molar-refractivity contribution < 1.29 is 0 Å². The summed E-state index contributed by atoms with van der Waals surface area (Å²) in [6.45, 7) is 4.60. The minimum Gasteiger partial charge on any atom is -0.285 e. The molecule has 0 aliphatic rings. The first-order valence-corrected chi connectivity index (χ1v) is 9.02. The van der Waals surface area contributed by atoms with Crippen LogP contribution in [0.1, 0.15) is 19.7 Å². The molecule has 108 valence electrons. The average molecular weight is 326 g/mol. The minimum absolute atomic E-state index is 0.529. The number of hydrogen-bond acceptors (Lipinski definition) is 4. The minimum atomic E-state index is 0.529. The molecule has 0 radical (unpaired) electrons. The van der Waals surface area contributed by atoms with E-state index in [9.17, 15) is 0 Å². The van der Waals surface area contributed by atoms with Crippen molar-refractivity contribution in [2.75, 3.05) is 5.75 Å². The Morgan fingerprint density at radius 2 is 1.95 bits per heavy atom. The van der Waals surface area contributed by atoms with Crippen molar-refractivity contribution in [1.82, 2.24) is 15.2 Å². The largest absolute Gasteiger partial charge is 0.285 e. The lowest BCUT2D eigenvalue weighted by Crippen LogP contribution is -2.12. The topological polar surface area (TPSA) is 44.5 Å². The van der Waals surface area contributed by atoms with Crippen molar-refractivity contribution >= 4 is 35.7 Å². The van der Waals surface area contributed by atoms with Crippen LogP contribution < -0.4 is 0 Å². The van der Waals surface area contributed by atoms with Gasteiger partial charge < -0.3 is 0 Å². The van der Waals surface area contributed by atoms with E-state index in [1.54, 1.807) is 0 Å². The number of aromatic amines is 2. The Balaban J connectivity index is 1.73. The van der Waals surface area contributed by atoms with Crippen LogP contribution in [0, 0.1) is 10.7 Å². The van der Waals surface area contributed by atoms with Crippen LogP contribution in [0.4, 0.5) is 0 Å². The predicted octanol–water partition coefficient (Wildman–Crippen LogP) is 4.52. The smallest absolute Gasteiger partial charge is 0.213 e. The van der Waals surface area contributed by atoms with Crippen LogP contribution in [0.2, 0.25) is 0 Å². The van der Waals surface area contributed by atoms with Crippen molar-refractivity contribution in [3.63, 3.8) is 0 Å². The van der Waals surface area contributed by atoms with E-state index >= 15 is 0 Å².